The number of H-pyrrole nitrogens is 1. The Morgan fingerprint density at radius 2 is 2.03 bits per heavy atom. The van der Waals surface area contributed by atoms with Crippen LogP contribution in [0.25, 0.3) is 10.9 Å². The van der Waals surface area contributed by atoms with Crippen molar-refractivity contribution in [3.8, 4) is 5.75 Å². The summed E-state index contributed by atoms with van der Waals surface area (Å²) in [6.45, 7) is 0.453. The minimum Gasteiger partial charge on any atom is -0.497 e. The number of pyridine rings is 1. The predicted molar refractivity (Wildman–Crippen MR) is 127 cm³/mol. The number of benzene rings is 2. The molecular formula is C23H24ClN3O2S. The minimum absolute atomic E-state index is 0.107. The zero-order valence-corrected chi connectivity index (χ0v) is 18.4. The predicted octanol–water partition coefficient (Wildman–Crippen LogP) is 5.33. The molecule has 1 aliphatic carbocycles. The Labute approximate surface area is 186 Å². The normalized spacial score (nSPS) is 14.1. The lowest BCUT2D eigenvalue weighted by molar-refractivity contribution is 0.311. The molecule has 0 spiro atoms. The fourth-order valence-corrected chi connectivity index (χ4v) is 4.52. The van der Waals surface area contributed by atoms with Gasteiger partial charge in [-0.1, -0.05) is 30.5 Å². The summed E-state index contributed by atoms with van der Waals surface area (Å²) >= 11 is 11.9. The third-order valence-electron chi connectivity index (χ3n) is 5.57. The summed E-state index contributed by atoms with van der Waals surface area (Å²) in [6.07, 6.45) is 4.49. The number of anilines is 1. The fourth-order valence-electron chi connectivity index (χ4n) is 4.00. The number of ether oxygens (including phenoxy) is 1. The van der Waals surface area contributed by atoms with Crippen molar-refractivity contribution in [2.45, 2.75) is 38.3 Å². The molecule has 1 aliphatic rings. The van der Waals surface area contributed by atoms with Gasteiger partial charge in [0.05, 0.1) is 19.2 Å². The van der Waals surface area contributed by atoms with Crippen LogP contribution in [-0.4, -0.2) is 28.1 Å². The number of hydrogen-bond acceptors (Lipinski definition) is 3. The molecule has 0 aliphatic heterocycles. The number of methoxy groups -OCH3 is 1. The van der Waals surface area contributed by atoms with Gasteiger partial charge in [0, 0.05) is 28.4 Å². The van der Waals surface area contributed by atoms with Crippen LogP contribution in [0.2, 0.25) is 5.02 Å². The summed E-state index contributed by atoms with van der Waals surface area (Å²) in [5.74, 6) is 0.713. The lowest BCUT2D eigenvalue weighted by Crippen LogP contribution is -2.42. The van der Waals surface area contributed by atoms with Crippen LogP contribution in [0.15, 0.2) is 53.3 Å². The van der Waals surface area contributed by atoms with Gasteiger partial charge in [0.1, 0.15) is 5.75 Å². The zero-order chi connectivity index (χ0) is 21.1. The average Bonchev–Trinajstić information content (AvgIpc) is 3.26. The second-order valence-electron chi connectivity index (χ2n) is 7.58. The van der Waals surface area contributed by atoms with Gasteiger partial charge < -0.3 is 19.9 Å². The van der Waals surface area contributed by atoms with Crippen molar-refractivity contribution in [2.24, 2.45) is 0 Å². The molecule has 0 radical (unpaired) electrons. The Kier molecular flexibility index (Phi) is 6.25. The number of rotatable bonds is 5. The molecule has 7 heteroatoms. The average molecular weight is 442 g/mol. The van der Waals surface area contributed by atoms with Crippen LogP contribution in [0.4, 0.5) is 5.69 Å². The Bertz CT molecular complexity index is 1120. The SMILES string of the molecule is COc1ccc2cc(CN(C(=S)Nc3cccc(Cl)c3)C3CCCC3)c(=O)[nH]c2c1. The Hall–Kier alpha value is -2.57. The first kappa shape index (κ1) is 20.7. The molecule has 1 heterocycles. The van der Waals surface area contributed by atoms with Crippen LogP contribution in [0.5, 0.6) is 5.75 Å². The summed E-state index contributed by atoms with van der Waals surface area (Å²) in [5, 5.41) is 5.52. The molecule has 0 unspecified atom stereocenters. The van der Waals surface area contributed by atoms with E-state index in [1.165, 1.54) is 12.8 Å². The van der Waals surface area contributed by atoms with Gasteiger partial charge in [0.2, 0.25) is 0 Å². The van der Waals surface area contributed by atoms with Crippen molar-refractivity contribution in [3.63, 3.8) is 0 Å². The number of nitrogens with zero attached hydrogens (tertiary/aromatic N) is 1. The highest BCUT2D eigenvalue weighted by Gasteiger charge is 2.26. The highest BCUT2D eigenvalue weighted by atomic mass is 35.5. The van der Waals surface area contributed by atoms with E-state index in [9.17, 15) is 4.79 Å². The van der Waals surface area contributed by atoms with Crippen molar-refractivity contribution in [1.82, 2.24) is 9.88 Å². The lowest BCUT2D eigenvalue weighted by Gasteiger charge is -2.31. The molecule has 30 heavy (non-hydrogen) atoms. The molecule has 2 N–H and O–H groups in total. The van der Waals surface area contributed by atoms with Crippen LogP contribution in [0.3, 0.4) is 0 Å². The summed E-state index contributed by atoms with van der Waals surface area (Å²) in [4.78, 5) is 17.9. The third kappa shape index (κ3) is 4.60. The van der Waals surface area contributed by atoms with Gasteiger partial charge in [0.25, 0.3) is 5.56 Å². The van der Waals surface area contributed by atoms with E-state index in [2.05, 4.69) is 15.2 Å². The van der Waals surface area contributed by atoms with Crippen molar-refractivity contribution in [3.05, 3.63) is 69.5 Å². The number of halogens is 1. The molecule has 0 amide bonds. The molecule has 3 aromatic rings. The van der Waals surface area contributed by atoms with Crippen molar-refractivity contribution >= 4 is 45.5 Å². The number of nitrogens with one attached hydrogen (secondary N) is 2. The summed E-state index contributed by atoms with van der Waals surface area (Å²) in [6, 6.07) is 15.4. The number of fused-ring (bicyclic) bond motifs is 1. The molecule has 156 valence electrons. The molecule has 1 aromatic heterocycles. The van der Waals surface area contributed by atoms with Crippen molar-refractivity contribution < 1.29 is 4.74 Å². The van der Waals surface area contributed by atoms with Crippen LogP contribution in [0.1, 0.15) is 31.2 Å². The van der Waals surface area contributed by atoms with Crippen molar-refractivity contribution in [2.75, 3.05) is 12.4 Å². The Balaban J connectivity index is 1.62. The van der Waals surface area contributed by atoms with Crippen LogP contribution >= 0.6 is 23.8 Å². The number of aromatic amines is 1. The number of thiocarbonyl (C=S) groups is 1. The highest BCUT2D eigenvalue weighted by molar-refractivity contribution is 7.80. The topological polar surface area (TPSA) is 57.4 Å². The van der Waals surface area contributed by atoms with E-state index in [1.807, 2.05) is 48.5 Å². The van der Waals surface area contributed by atoms with E-state index in [-0.39, 0.29) is 5.56 Å². The third-order valence-corrected chi connectivity index (χ3v) is 6.14. The molecule has 0 bridgehead atoms. The van der Waals surface area contributed by atoms with Gasteiger partial charge in [-0.05, 0) is 66.8 Å². The van der Waals surface area contributed by atoms with E-state index in [4.69, 9.17) is 28.6 Å². The Morgan fingerprint density at radius 3 is 2.77 bits per heavy atom. The molecule has 1 saturated carbocycles. The number of hydrogen-bond donors (Lipinski definition) is 2. The quantitative estimate of drug-likeness (QED) is 0.524. The molecule has 0 saturated heterocycles. The molecule has 4 rings (SSSR count). The summed E-state index contributed by atoms with van der Waals surface area (Å²) < 4.78 is 5.26. The Morgan fingerprint density at radius 1 is 1.23 bits per heavy atom. The summed E-state index contributed by atoms with van der Waals surface area (Å²) in [7, 11) is 1.61. The monoisotopic (exact) mass is 441 g/mol. The fraction of sp³-hybridized carbons (Fsp3) is 0.304. The van der Waals surface area contributed by atoms with E-state index in [0.29, 0.717) is 34.0 Å². The van der Waals surface area contributed by atoms with Gasteiger partial charge in [-0.25, -0.2) is 0 Å². The van der Waals surface area contributed by atoms with Gasteiger partial charge >= 0.3 is 0 Å². The second-order valence-corrected chi connectivity index (χ2v) is 8.41. The lowest BCUT2D eigenvalue weighted by atomic mass is 10.1. The van der Waals surface area contributed by atoms with Gasteiger partial charge in [0.15, 0.2) is 5.11 Å². The van der Waals surface area contributed by atoms with Gasteiger partial charge in [-0.2, -0.15) is 0 Å². The molecular weight excluding hydrogens is 418 g/mol. The molecule has 5 nitrogen and oxygen atoms in total. The molecule has 1 fully saturated rings. The maximum atomic E-state index is 12.8. The van der Waals surface area contributed by atoms with Crippen LogP contribution < -0.4 is 15.6 Å². The van der Waals surface area contributed by atoms with E-state index >= 15 is 0 Å². The molecule has 0 atom stereocenters. The largest absolute Gasteiger partial charge is 0.497 e. The van der Waals surface area contributed by atoms with Crippen LogP contribution in [-0.2, 0) is 6.54 Å². The van der Waals surface area contributed by atoms with Gasteiger partial charge in [-0.3, -0.25) is 4.79 Å². The summed E-state index contributed by atoms with van der Waals surface area (Å²) in [5.41, 5.74) is 2.18. The second kappa shape index (κ2) is 9.06. The smallest absolute Gasteiger partial charge is 0.253 e. The van der Waals surface area contributed by atoms with Crippen molar-refractivity contribution in [1.29, 1.82) is 0 Å². The minimum atomic E-state index is -0.107. The molecule has 2 aromatic carbocycles. The first-order valence-corrected chi connectivity index (χ1v) is 10.9. The zero-order valence-electron chi connectivity index (χ0n) is 16.8. The van der Waals surface area contributed by atoms with Crippen LogP contribution in [0, 0.1) is 0 Å². The first-order chi connectivity index (χ1) is 14.5. The number of aromatic nitrogens is 1. The maximum Gasteiger partial charge on any atom is 0.253 e. The van der Waals surface area contributed by atoms with E-state index in [1.54, 1.807) is 7.11 Å². The van der Waals surface area contributed by atoms with E-state index in [0.717, 1.165) is 29.4 Å². The first-order valence-electron chi connectivity index (χ1n) is 10.1. The highest BCUT2D eigenvalue weighted by Crippen LogP contribution is 2.27. The standard InChI is InChI=1S/C23H24ClN3O2S/c1-29-20-10-9-15-11-16(22(28)26-21(15)13-20)14-27(19-7-2-3-8-19)23(30)25-18-6-4-5-17(24)12-18/h4-6,9-13,19H,2-3,7-8,14H2,1H3,(H,25,30)(H,26,28). The van der Waals surface area contributed by atoms with Gasteiger partial charge in [-0.15, -0.1) is 0 Å². The van der Waals surface area contributed by atoms with E-state index < -0.39 is 0 Å². The maximum absolute atomic E-state index is 12.8.